The quantitative estimate of drug-likeness (QED) is 0.741. The predicted molar refractivity (Wildman–Crippen MR) is 77.9 cm³/mol. The second-order valence-corrected chi connectivity index (χ2v) is 6.43. The van der Waals surface area contributed by atoms with Gasteiger partial charge in [-0.05, 0) is 39.8 Å². The Morgan fingerprint density at radius 3 is 2.05 bits per heavy atom. The minimum absolute atomic E-state index is 0.402. The van der Waals surface area contributed by atoms with Gasteiger partial charge in [0.2, 0.25) is 0 Å². The third kappa shape index (κ3) is 4.28. The van der Waals surface area contributed by atoms with Gasteiger partial charge in [0.1, 0.15) is 6.04 Å². The van der Waals surface area contributed by atoms with Crippen LogP contribution in [-0.2, 0) is 4.79 Å². The number of aliphatic carboxylic acids is 1. The molecule has 1 aromatic carbocycles. The molecule has 1 unspecified atom stereocenters. The number of nitrogens with one attached hydrogen (secondary N) is 1. The van der Waals surface area contributed by atoms with E-state index in [4.69, 9.17) is 5.11 Å². The lowest BCUT2D eigenvalue weighted by atomic mass is 10.0. The summed E-state index contributed by atoms with van der Waals surface area (Å²) in [6.07, 6.45) is 0. The number of benzene rings is 1. The summed E-state index contributed by atoms with van der Waals surface area (Å²) in [5, 5.41) is 11.7. The molecule has 0 fully saturated rings. The van der Waals surface area contributed by atoms with Gasteiger partial charge in [-0.15, -0.1) is 0 Å². The van der Waals surface area contributed by atoms with Crippen LogP contribution in [0.2, 0.25) is 0 Å². The van der Waals surface area contributed by atoms with E-state index in [1.165, 1.54) is 0 Å². The van der Waals surface area contributed by atoms with E-state index in [0.717, 1.165) is 11.1 Å². The molecule has 0 saturated heterocycles. The molecule has 2 N–H and O–H groups in total. The molecule has 1 amide bonds. The lowest BCUT2D eigenvalue weighted by Crippen LogP contribution is -2.51. The molecule has 0 aliphatic carbocycles. The molecule has 4 nitrogen and oxygen atoms in total. The van der Waals surface area contributed by atoms with Crippen LogP contribution in [0.25, 0.3) is 0 Å². The monoisotopic (exact) mass is 281 g/mol. The van der Waals surface area contributed by atoms with Gasteiger partial charge in [0, 0.05) is 10.3 Å². The number of thiol groups is 1. The van der Waals surface area contributed by atoms with E-state index in [1.54, 1.807) is 26.0 Å². The van der Waals surface area contributed by atoms with Gasteiger partial charge in [0.05, 0.1) is 0 Å². The summed E-state index contributed by atoms with van der Waals surface area (Å²) in [5.41, 5.74) is 2.38. The molecule has 0 radical (unpaired) electrons. The van der Waals surface area contributed by atoms with Gasteiger partial charge in [-0.25, -0.2) is 4.79 Å². The summed E-state index contributed by atoms with van der Waals surface area (Å²) < 4.78 is -0.847. The summed E-state index contributed by atoms with van der Waals surface area (Å²) in [6.45, 7) is 7.08. The Morgan fingerprint density at radius 2 is 1.68 bits per heavy atom. The average molecular weight is 281 g/mol. The minimum Gasteiger partial charge on any atom is -0.480 e. The van der Waals surface area contributed by atoms with Gasteiger partial charge in [0.15, 0.2) is 0 Å². The summed E-state index contributed by atoms with van der Waals surface area (Å²) in [5.74, 6) is -1.50. The van der Waals surface area contributed by atoms with Crippen LogP contribution in [0.1, 0.15) is 35.3 Å². The highest BCUT2D eigenvalue weighted by atomic mass is 32.1. The summed E-state index contributed by atoms with van der Waals surface area (Å²) in [6, 6.07) is 4.36. The SMILES string of the molecule is Cc1cc(C)cc(C(=O)NC(C(=O)O)C(C)(C)S)c1. The van der Waals surface area contributed by atoms with Crippen molar-refractivity contribution in [2.24, 2.45) is 0 Å². The van der Waals surface area contributed by atoms with Crippen LogP contribution in [0.5, 0.6) is 0 Å². The molecule has 19 heavy (non-hydrogen) atoms. The second kappa shape index (κ2) is 5.65. The number of rotatable bonds is 4. The number of carboxylic acid groups (broad SMARTS) is 1. The number of carbonyl (C=O) groups excluding carboxylic acids is 1. The standard InChI is InChI=1S/C14H19NO3S/c1-8-5-9(2)7-10(6-8)12(16)15-11(13(17)18)14(3,4)19/h5-7,11,19H,1-4H3,(H,15,16)(H,17,18). The molecule has 0 saturated carbocycles. The van der Waals surface area contributed by atoms with Crippen LogP contribution < -0.4 is 5.32 Å². The van der Waals surface area contributed by atoms with Gasteiger partial charge < -0.3 is 10.4 Å². The fourth-order valence-corrected chi connectivity index (χ4v) is 2.04. The van der Waals surface area contributed by atoms with Gasteiger partial charge in [-0.3, -0.25) is 4.79 Å². The van der Waals surface area contributed by atoms with E-state index in [1.807, 2.05) is 19.9 Å². The molecule has 0 spiro atoms. The van der Waals surface area contributed by atoms with Crippen LogP contribution in [-0.4, -0.2) is 27.8 Å². The van der Waals surface area contributed by atoms with Crippen molar-refractivity contribution >= 4 is 24.5 Å². The average Bonchev–Trinajstić information content (AvgIpc) is 2.21. The first-order valence-corrected chi connectivity index (χ1v) is 6.40. The molecule has 1 atom stereocenters. The summed E-state index contributed by atoms with van der Waals surface area (Å²) in [7, 11) is 0. The van der Waals surface area contributed by atoms with Crippen molar-refractivity contribution in [1.82, 2.24) is 5.32 Å². The third-order valence-electron chi connectivity index (χ3n) is 2.71. The molecule has 0 aliphatic heterocycles. The Hall–Kier alpha value is -1.49. The summed E-state index contributed by atoms with van der Waals surface area (Å²) >= 11 is 4.22. The second-order valence-electron chi connectivity index (χ2n) is 5.27. The van der Waals surface area contributed by atoms with E-state index in [2.05, 4.69) is 17.9 Å². The van der Waals surface area contributed by atoms with Gasteiger partial charge in [-0.2, -0.15) is 12.6 Å². The Morgan fingerprint density at radius 1 is 1.21 bits per heavy atom. The molecular formula is C14H19NO3S. The summed E-state index contributed by atoms with van der Waals surface area (Å²) in [4.78, 5) is 23.3. The predicted octanol–water partition coefficient (Wildman–Crippen LogP) is 2.19. The fourth-order valence-electron chi connectivity index (χ4n) is 1.86. The van der Waals surface area contributed by atoms with Crippen molar-refractivity contribution in [3.8, 4) is 0 Å². The minimum atomic E-state index is -1.10. The van der Waals surface area contributed by atoms with E-state index in [-0.39, 0.29) is 0 Å². The van der Waals surface area contributed by atoms with Crippen LogP contribution in [0.15, 0.2) is 18.2 Å². The first kappa shape index (κ1) is 15.6. The number of carboxylic acids is 1. The van der Waals surface area contributed by atoms with Crippen LogP contribution in [0, 0.1) is 13.8 Å². The maximum Gasteiger partial charge on any atom is 0.327 e. The normalized spacial score (nSPS) is 12.9. The molecule has 1 rings (SSSR count). The van der Waals surface area contributed by atoms with Crippen LogP contribution in [0.4, 0.5) is 0 Å². The topological polar surface area (TPSA) is 66.4 Å². The maximum atomic E-state index is 12.1. The van der Waals surface area contributed by atoms with E-state index in [9.17, 15) is 9.59 Å². The van der Waals surface area contributed by atoms with Crippen molar-refractivity contribution in [3.05, 3.63) is 34.9 Å². The number of hydrogen-bond acceptors (Lipinski definition) is 3. The fraction of sp³-hybridized carbons (Fsp3) is 0.429. The smallest absolute Gasteiger partial charge is 0.327 e. The van der Waals surface area contributed by atoms with Gasteiger partial charge in [-0.1, -0.05) is 17.2 Å². The molecule has 0 aliphatic rings. The molecule has 1 aromatic rings. The highest BCUT2D eigenvalue weighted by molar-refractivity contribution is 7.81. The zero-order valence-corrected chi connectivity index (χ0v) is 12.4. The van der Waals surface area contributed by atoms with Crippen molar-refractivity contribution < 1.29 is 14.7 Å². The Labute approximate surface area is 118 Å². The first-order chi connectivity index (χ1) is 8.61. The molecule has 0 aromatic heterocycles. The van der Waals surface area contributed by atoms with Crippen molar-refractivity contribution in [1.29, 1.82) is 0 Å². The Bertz CT molecular complexity index is 486. The highest BCUT2D eigenvalue weighted by Gasteiger charge is 2.33. The van der Waals surface area contributed by atoms with Crippen molar-refractivity contribution in [2.75, 3.05) is 0 Å². The zero-order valence-electron chi connectivity index (χ0n) is 11.5. The zero-order chi connectivity index (χ0) is 14.8. The largest absolute Gasteiger partial charge is 0.480 e. The Kier molecular flexibility index (Phi) is 4.63. The van der Waals surface area contributed by atoms with Gasteiger partial charge in [0.25, 0.3) is 5.91 Å². The van der Waals surface area contributed by atoms with E-state index >= 15 is 0 Å². The van der Waals surface area contributed by atoms with Gasteiger partial charge >= 0.3 is 5.97 Å². The number of amides is 1. The molecule has 0 heterocycles. The van der Waals surface area contributed by atoms with E-state index in [0.29, 0.717) is 5.56 Å². The number of carbonyl (C=O) groups is 2. The third-order valence-corrected chi connectivity index (χ3v) is 2.97. The maximum absolute atomic E-state index is 12.1. The molecular weight excluding hydrogens is 262 g/mol. The first-order valence-electron chi connectivity index (χ1n) is 5.95. The molecule has 104 valence electrons. The number of aryl methyl sites for hydroxylation is 2. The van der Waals surface area contributed by atoms with Crippen LogP contribution in [0.3, 0.4) is 0 Å². The molecule has 5 heteroatoms. The lowest BCUT2D eigenvalue weighted by Gasteiger charge is -2.26. The van der Waals surface area contributed by atoms with E-state index < -0.39 is 22.7 Å². The van der Waals surface area contributed by atoms with Crippen LogP contribution >= 0.6 is 12.6 Å². The van der Waals surface area contributed by atoms with Crippen molar-refractivity contribution in [2.45, 2.75) is 38.5 Å². The Balaban J connectivity index is 2.97. The highest BCUT2D eigenvalue weighted by Crippen LogP contribution is 2.18. The number of hydrogen-bond donors (Lipinski definition) is 3. The molecule has 0 bridgehead atoms. The van der Waals surface area contributed by atoms with Crippen molar-refractivity contribution in [3.63, 3.8) is 0 Å². The lowest BCUT2D eigenvalue weighted by molar-refractivity contribution is -0.139.